The molecule has 1 N–H and O–H groups in total. The largest absolute Gasteiger partial charge is 0.417 e. The molecule has 32 heavy (non-hydrogen) atoms. The first-order valence-electron chi connectivity index (χ1n) is 11.0. The van der Waals surface area contributed by atoms with Gasteiger partial charge in [-0.25, -0.2) is 14.7 Å². The molecule has 1 spiro atoms. The fourth-order valence-electron chi connectivity index (χ4n) is 5.69. The van der Waals surface area contributed by atoms with Crippen LogP contribution in [0.25, 0.3) is 0 Å². The quantitative estimate of drug-likeness (QED) is 0.712. The second-order valence-electron chi connectivity index (χ2n) is 10.2. The van der Waals surface area contributed by atoms with Crippen LogP contribution in [-0.4, -0.2) is 65.1 Å². The molecule has 3 aliphatic rings. The van der Waals surface area contributed by atoms with Crippen LogP contribution in [0, 0.1) is 11.3 Å². The molecule has 4 rings (SSSR count). The maximum atomic E-state index is 13.3. The summed E-state index contributed by atoms with van der Waals surface area (Å²) < 4.78 is 38.2. The molecule has 10 heteroatoms. The van der Waals surface area contributed by atoms with Gasteiger partial charge in [-0.05, 0) is 42.7 Å². The predicted octanol–water partition coefficient (Wildman–Crippen LogP) is 3.32. The molecule has 3 heterocycles. The summed E-state index contributed by atoms with van der Waals surface area (Å²) in [5, 5.41) is 3.00. The molecule has 1 saturated carbocycles. The SMILES string of the molecule is C[C@H]1CC(C)(C)C[C@]2(C1)NC(=O)N(CN1CCN(c3ccc(C(F)(F)F)cn3)CC1)C2=O. The lowest BCUT2D eigenvalue weighted by atomic mass is 9.64. The summed E-state index contributed by atoms with van der Waals surface area (Å²) in [7, 11) is 0. The number of nitrogens with zero attached hydrogens (tertiary/aromatic N) is 4. The van der Waals surface area contributed by atoms with Crippen molar-refractivity contribution in [3.8, 4) is 0 Å². The van der Waals surface area contributed by atoms with E-state index >= 15 is 0 Å². The summed E-state index contributed by atoms with van der Waals surface area (Å²) in [4.78, 5) is 35.2. The Morgan fingerprint density at radius 1 is 1.12 bits per heavy atom. The van der Waals surface area contributed by atoms with Gasteiger partial charge in [0.25, 0.3) is 5.91 Å². The number of carbonyl (C=O) groups excluding carboxylic acids is 2. The number of imide groups is 1. The van der Waals surface area contributed by atoms with E-state index in [1.165, 1.54) is 11.0 Å². The first-order valence-corrected chi connectivity index (χ1v) is 11.0. The van der Waals surface area contributed by atoms with Crippen LogP contribution in [-0.2, 0) is 11.0 Å². The van der Waals surface area contributed by atoms with Gasteiger partial charge in [-0.3, -0.25) is 9.69 Å². The van der Waals surface area contributed by atoms with E-state index in [-0.39, 0.29) is 24.0 Å². The topological polar surface area (TPSA) is 68.8 Å². The highest BCUT2D eigenvalue weighted by Gasteiger charge is 2.56. The van der Waals surface area contributed by atoms with Gasteiger partial charge in [-0.15, -0.1) is 0 Å². The summed E-state index contributed by atoms with van der Waals surface area (Å²) in [6.07, 6.45) is -1.24. The van der Waals surface area contributed by atoms with Crippen LogP contribution >= 0.6 is 0 Å². The zero-order chi connectivity index (χ0) is 23.3. The number of hydrogen-bond acceptors (Lipinski definition) is 5. The maximum Gasteiger partial charge on any atom is 0.417 e. The molecule has 3 amide bonds. The summed E-state index contributed by atoms with van der Waals surface area (Å²) in [6, 6.07) is 2.08. The second-order valence-corrected chi connectivity index (χ2v) is 10.2. The van der Waals surface area contributed by atoms with E-state index in [1.807, 2.05) is 9.80 Å². The van der Waals surface area contributed by atoms with E-state index < -0.39 is 17.3 Å². The van der Waals surface area contributed by atoms with Crippen LogP contribution < -0.4 is 10.2 Å². The molecule has 0 bridgehead atoms. The monoisotopic (exact) mass is 453 g/mol. The van der Waals surface area contributed by atoms with Crippen molar-refractivity contribution in [3.63, 3.8) is 0 Å². The maximum absolute atomic E-state index is 13.3. The van der Waals surface area contributed by atoms with Crippen LogP contribution in [0.2, 0.25) is 0 Å². The third-order valence-electron chi connectivity index (χ3n) is 6.74. The second kappa shape index (κ2) is 7.90. The molecule has 3 fully saturated rings. The molecule has 0 radical (unpaired) electrons. The summed E-state index contributed by atoms with van der Waals surface area (Å²) >= 11 is 0. The minimum atomic E-state index is -4.41. The van der Waals surface area contributed by atoms with Gasteiger partial charge in [0, 0.05) is 32.4 Å². The molecule has 1 aromatic rings. The van der Waals surface area contributed by atoms with Gasteiger partial charge in [0.2, 0.25) is 0 Å². The van der Waals surface area contributed by atoms with Crippen molar-refractivity contribution in [1.29, 1.82) is 0 Å². The number of nitrogens with one attached hydrogen (secondary N) is 1. The highest BCUT2D eigenvalue weighted by atomic mass is 19.4. The van der Waals surface area contributed by atoms with Gasteiger partial charge in [-0.2, -0.15) is 13.2 Å². The number of piperazine rings is 1. The Morgan fingerprint density at radius 3 is 2.38 bits per heavy atom. The lowest BCUT2D eigenvalue weighted by Gasteiger charge is -2.44. The fourth-order valence-corrected chi connectivity index (χ4v) is 5.69. The normalized spacial score (nSPS) is 29.0. The van der Waals surface area contributed by atoms with Gasteiger partial charge in [0.1, 0.15) is 11.4 Å². The number of rotatable bonds is 3. The average Bonchev–Trinajstić information content (AvgIpc) is 2.89. The van der Waals surface area contributed by atoms with E-state index in [4.69, 9.17) is 0 Å². The number of hydrogen-bond donors (Lipinski definition) is 1. The fraction of sp³-hybridized carbons (Fsp3) is 0.682. The molecule has 0 unspecified atom stereocenters. The van der Waals surface area contributed by atoms with E-state index in [9.17, 15) is 22.8 Å². The van der Waals surface area contributed by atoms with Crippen molar-refractivity contribution in [1.82, 2.24) is 20.1 Å². The minimum absolute atomic E-state index is 0.0170. The Morgan fingerprint density at radius 2 is 1.81 bits per heavy atom. The molecular weight excluding hydrogens is 423 g/mol. The molecule has 0 aromatic carbocycles. The van der Waals surface area contributed by atoms with Crippen LogP contribution in [0.1, 0.15) is 45.6 Å². The Bertz CT molecular complexity index is 881. The Kier molecular flexibility index (Phi) is 5.63. The van der Waals surface area contributed by atoms with Crippen molar-refractivity contribution < 1.29 is 22.8 Å². The van der Waals surface area contributed by atoms with Crippen LogP contribution in [0.15, 0.2) is 18.3 Å². The number of alkyl halides is 3. The van der Waals surface area contributed by atoms with Crippen LogP contribution in [0.4, 0.5) is 23.8 Å². The number of halogens is 3. The Balaban J connectivity index is 1.36. The van der Waals surface area contributed by atoms with Gasteiger partial charge < -0.3 is 10.2 Å². The Labute approximate surface area is 185 Å². The van der Waals surface area contributed by atoms with E-state index in [0.717, 1.165) is 18.7 Å². The lowest BCUT2D eigenvalue weighted by Crippen LogP contribution is -2.55. The highest BCUT2D eigenvalue weighted by molar-refractivity contribution is 6.07. The number of anilines is 1. The third kappa shape index (κ3) is 4.42. The van der Waals surface area contributed by atoms with E-state index in [2.05, 4.69) is 31.1 Å². The standard InChI is InChI=1S/C22H30F3N5O2/c1-15-10-20(2,3)13-21(11-15)18(31)30(19(32)27-21)14-28-6-8-29(9-7-28)17-5-4-16(12-26-17)22(23,24)25/h4-5,12,15H,6-11,13-14H2,1-3H3,(H,27,32)/t15-,21-/m0/s1. The summed E-state index contributed by atoms with van der Waals surface area (Å²) in [5.74, 6) is 0.696. The van der Waals surface area contributed by atoms with Gasteiger partial charge in [0.05, 0.1) is 12.2 Å². The molecule has 1 aliphatic carbocycles. The predicted molar refractivity (Wildman–Crippen MR) is 113 cm³/mol. The van der Waals surface area contributed by atoms with Crippen molar-refractivity contribution in [3.05, 3.63) is 23.9 Å². The van der Waals surface area contributed by atoms with E-state index in [1.54, 1.807) is 0 Å². The third-order valence-corrected chi connectivity index (χ3v) is 6.74. The molecule has 7 nitrogen and oxygen atoms in total. The van der Waals surface area contributed by atoms with Crippen molar-refractivity contribution in [2.24, 2.45) is 11.3 Å². The Hall–Kier alpha value is -2.36. The molecule has 2 aliphatic heterocycles. The van der Waals surface area contributed by atoms with Gasteiger partial charge >= 0.3 is 12.2 Å². The lowest BCUT2D eigenvalue weighted by molar-refractivity contribution is -0.138. The smallest absolute Gasteiger partial charge is 0.354 e. The molecular formula is C22H30F3N5O2. The van der Waals surface area contributed by atoms with Crippen LogP contribution in [0.5, 0.6) is 0 Å². The summed E-state index contributed by atoms with van der Waals surface area (Å²) in [5.41, 5.74) is -1.60. The number of carbonyl (C=O) groups is 2. The number of aromatic nitrogens is 1. The molecule has 176 valence electrons. The number of pyridine rings is 1. The number of urea groups is 1. The first-order chi connectivity index (χ1) is 14.9. The minimum Gasteiger partial charge on any atom is -0.354 e. The van der Waals surface area contributed by atoms with Crippen molar-refractivity contribution in [2.45, 2.75) is 51.7 Å². The van der Waals surface area contributed by atoms with Crippen molar-refractivity contribution >= 4 is 17.8 Å². The van der Waals surface area contributed by atoms with Gasteiger partial charge in [-0.1, -0.05) is 20.8 Å². The van der Waals surface area contributed by atoms with Gasteiger partial charge in [0.15, 0.2) is 0 Å². The van der Waals surface area contributed by atoms with E-state index in [0.29, 0.717) is 50.8 Å². The van der Waals surface area contributed by atoms with Crippen LogP contribution in [0.3, 0.4) is 0 Å². The number of amides is 3. The zero-order valence-corrected chi connectivity index (χ0v) is 18.7. The average molecular weight is 454 g/mol. The highest BCUT2D eigenvalue weighted by Crippen LogP contribution is 2.46. The zero-order valence-electron chi connectivity index (χ0n) is 18.7. The first kappa shape index (κ1) is 22.8. The molecule has 2 atom stereocenters. The molecule has 2 saturated heterocycles. The molecule has 1 aromatic heterocycles. The summed E-state index contributed by atoms with van der Waals surface area (Å²) in [6.45, 7) is 8.88. The van der Waals surface area contributed by atoms with Crippen molar-refractivity contribution in [2.75, 3.05) is 37.7 Å².